The molecule has 3 N–H and O–H groups in total. The first-order valence-electron chi connectivity index (χ1n) is 28.2. The van der Waals surface area contributed by atoms with Crippen LogP contribution in [0.4, 0.5) is 4.79 Å². The molecule has 4 fully saturated rings. The monoisotopic (exact) mass is 1080 g/mol. The lowest BCUT2D eigenvalue weighted by molar-refractivity contribution is -0.383. The first-order chi connectivity index (χ1) is 37.1. The minimum absolute atomic E-state index is 0.0349. The predicted octanol–water partition coefficient (Wildman–Crippen LogP) is 9.90. The Kier molecular flexibility index (Phi) is 20.1. The molecule has 428 valence electrons. The van der Waals surface area contributed by atoms with Crippen LogP contribution in [0.1, 0.15) is 167 Å². The maximum atomic E-state index is 15.3. The quantitative estimate of drug-likeness (QED) is 0.0385. The van der Waals surface area contributed by atoms with Gasteiger partial charge in [-0.3, -0.25) is 9.59 Å². The first kappa shape index (κ1) is 60.4. The molecule has 2 aromatic carbocycles. The van der Waals surface area contributed by atoms with Crippen LogP contribution in [-0.4, -0.2) is 125 Å². The normalized spacial score (nSPS) is 32.0. The molecular weight excluding hydrogens is 1000 g/mol. The van der Waals surface area contributed by atoms with E-state index in [0.717, 1.165) is 38.5 Å². The van der Waals surface area contributed by atoms with E-state index in [2.05, 4.69) is 31.2 Å². The van der Waals surface area contributed by atoms with Crippen molar-refractivity contribution in [3.8, 4) is 0 Å². The van der Waals surface area contributed by atoms with E-state index in [-0.39, 0.29) is 43.0 Å². The van der Waals surface area contributed by atoms with Crippen molar-refractivity contribution < 1.29 is 77.2 Å². The zero-order valence-corrected chi connectivity index (χ0v) is 46.9. The highest BCUT2D eigenvalue weighted by Crippen LogP contribution is 2.66. The summed E-state index contributed by atoms with van der Waals surface area (Å²) in [5.74, 6) is -5.98. The Morgan fingerprint density at radius 2 is 1.47 bits per heavy atom. The van der Waals surface area contributed by atoms with Gasteiger partial charge in [-0.05, 0) is 88.1 Å². The Balaban J connectivity index is 1.06. The lowest BCUT2D eigenvalue weighted by atomic mass is 9.42. The van der Waals surface area contributed by atoms with Crippen LogP contribution in [0.25, 0.3) is 0 Å². The summed E-state index contributed by atoms with van der Waals surface area (Å²) in [6, 6.07) is 16.8. The van der Waals surface area contributed by atoms with E-state index in [4.69, 9.17) is 37.9 Å². The number of rotatable bonds is 24. The van der Waals surface area contributed by atoms with Crippen LogP contribution in [0.3, 0.4) is 0 Å². The fourth-order valence-corrected chi connectivity index (χ4v) is 12.7. The molecule has 7 rings (SSSR count). The maximum Gasteiger partial charge on any atom is 0.509 e. The van der Waals surface area contributed by atoms with E-state index in [1.54, 1.807) is 83.1 Å². The SMILES string of the molecule is CCCC/C=C\C/C=C\CCCCCCCCC1OCC(COC(=O)O[C@@H](C(=O)O[C@H]2C[C@@]3(O)[C@@H](OC(=O)c4ccccc4)[C@H]4[C@](C)(C(=O)[C@H](O)C(=C2C)C3(C)C)[C@@H](O)C[C@@]2(C)OC[C@@]42OC(C)=O)[C@@H](C)c2ccccc2)O1. The van der Waals surface area contributed by atoms with E-state index in [9.17, 15) is 34.5 Å². The van der Waals surface area contributed by atoms with Crippen LogP contribution in [0, 0.1) is 16.7 Å². The van der Waals surface area contributed by atoms with Gasteiger partial charge in [0.15, 0.2) is 17.7 Å². The van der Waals surface area contributed by atoms with Gasteiger partial charge < -0.3 is 53.2 Å². The van der Waals surface area contributed by atoms with Gasteiger partial charge in [0.25, 0.3) is 0 Å². The number of aliphatic hydroxyl groups excluding tert-OH is 2. The second-order valence-corrected chi connectivity index (χ2v) is 23.1. The standard InChI is InChI=1S/C62H84O16/c1-9-10-11-12-13-14-15-16-17-18-19-20-21-22-29-34-48-71-37-45(74-48)38-72-57(69)76-51(40(2)43-30-25-23-26-31-43)56(68)75-46-35-61(70)54(77-55(67)44-32-27-24-28-33-44)52-60(8,53(66)50(65)49(41(46)3)58(61,5)6)47(64)36-59(7)62(52,39-73-59)78-42(4)63/h12-13,15-16,23-28,30-33,40,45-48,50-52,54,64-65,70H,9-11,14,17-22,29,34-39H2,1-8H3/b13-12-,16-15-/t40-,45?,46-,47-,48?,50+,51+,52-,54-,59+,60+,61+,62+/m0/s1. The molecule has 16 heteroatoms. The van der Waals surface area contributed by atoms with E-state index in [1.807, 2.05) is 0 Å². The average Bonchev–Trinajstić information content (AvgIpc) is 2.55. The third-order valence-electron chi connectivity index (χ3n) is 17.6. The number of hydrogen-bond donors (Lipinski definition) is 3. The summed E-state index contributed by atoms with van der Waals surface area (Å²) in [7, 11) is 0. The van der Waals surface area contributed by atoms with Crippen LogP contribution in [-0.2, 0) is 52.3 Å². The number of ketones is 1. The Hall–Kier alpha value is -5.23. The van der Waals surface area contributed by atoms with Gasteiger partial charge in [-0.2, -0.15) is 0 Å². The average molecular weight is 1090 g/mol. The zero-order valence-electron chi connectivity index (χ0n) is 46.9. The Labute approximate surface area is 460 Å². The molecule has 2 saturated carbocycles. The van der Waals surface area contributed by atoms with Crippen LogP contribution in [0.15, 0.2) is 96.1 Å². The van der Waals surface area contributed by atoms with Crippen molar-refractivity contribution in [3.63, 3.8) is 0 Å². The summed E-state index contributed by atoms with van der Waals surface area (Å²) < 4.78 is 48.4. The molecule has 78 heavy (non-hydrogen) atoms. The Morgan fingerprint density at radius 3 is 2.12 bits per heavy atom. The number of carbonyl (C=O) groups is 5. The number of unbranched alkanes of at least 4 members (excludes halogenated alkanes) is 8. The topological polar surface area (TPSA) is 220 Å². The number of benzene rings is 2. The van der Waals surface area contributed by atoms with Gasteiger partial charge in [-0.15, -0.1) is 0 Å². The maximum absolute atomic E-state index is 15.3. The molecule has 2 saturated heterocycles. The van der Waals surface area contributed by atoms with Gasteiger partial charge in [-0.1, -0.05) is 139 Å². The molecule has 3 aliphatic carbocycles. The van der Waals surface area contributed by atoms with Crippen molar-refractivity contribution in [2.45, 2.75) is 211 Å². The highest BCUT2D eigenvalue weighted by atomic mass is 16.8. The van der Waals surface area contributed by atoms with Crippen molar-refractivity contribution in [3.05, 3.63) is 107 Å². The molecule has 0 spiro atoms. The van der Waals surface area contributed by atoms with E-state index in [0.29, 0.717) is 12.0 Å². The van der Waals surface area contributed by atoms with Gasteiger partial charge in [0.05, 0.1) is 36.2 Å². The number of fused-ring (bicyclic) bond motifs is 5. The molecule has 2 unspecified atom stereocenters. The molecule has 5 aliphatic rings. The van der Waals surface area contributed by atoms with E-state index >= 15 is 4.79 Å². The number of carbonyl (C=O) groups excluding carboxylic acids is 5. The Bertz CT molecular complexity index is 2490. The van der Waals surface area contributed by atoms with E-state index < -0.39 is 119 Å². The largest absolute Gasteiger partial charge is 0.509 e. The van der Waals surface area contributed by atoms with Crippen LogP contribution < -0.4 is 0 Å². The molecular formula is C62H84O16. The zero-order chi connectivity index (χ0) is 56.5. The van der Waals surface area contributed by atoms with Gasteiger partial charge in [-0.25, -0.2) is 14.4 Å². The number of hydrogen-bond acceptors (Lipinski definition) is 16. The molecule has 0 aromatic heterocycles. The number of ether oxygens (including phenoxy) is 8. The van der Waals surface area contributed by atoms with Crippen LogP contribution >= 0.6 is 0 Å². The Morgan fingerprint density at radius 1 is 0.833 bits per heavy atom. The molecule has 2 bridgehead atoms. The van der Waals surface area contributed by atoms with Crippen molar-refractivity contribution in [2.75, 3.05) is 19.8 Å². The fourth-order valence-electron chi connectivity index (χ4n) is 12.7. The lowest BCUT2D eigenvalue weighted by Crippen LogP contribution is -2.85. The summed E-state index contributed by atoms with van der Waals surface area (Å²) in [6.07, 6.45) is 10.7. The summed E-state index contributed by atoms with van der Waals surface area (Å²) in [4.78, 5) is 71.3. The molecule has 2 heterocycles. The van der Waals surface area contributed by atoms with Crippen LogP contribution in [0.2, 0.25) is 0 Å². The van der Waals surface area contributed by atoms with E-state index in [1.165, 1.54) is 58.1 Å². The van der Waals surface area contributed by atoms with Gasteiger partial charge in [0.1, 0.15) is 42.2 Å². The number of Topliss-reactive ketones (excluding diaryl/α,β-unsaturated/α-hetero) is 1. The molecule has 2 aliphatic heterocycles. The highest BCUT2D eigenvalue weighted by molar-refractivity contribution is 5.94. The smallest absolute Gasteiger partial charge is 0.455 e. The summed E-state index contributed by atoms with van der Waals surface area (Å²) >= 11 is 0. The van der Waals surface area contributed by atoms with Crippen molar-refractivity contribution in [1.82, 2.24) is 0 Å². The number of esters is 3. The van der Waals surface area contributed by atoms with Crippen LogP contribution in [0.5, 0.6) is 0 Å². The van der Waals surface area contributed by atoms with Crippen molar-refractivity contribution in [2.24, 2.45) is 16.7 Å². The van der Waals surface area contributed by atoms with Gasteiger partial charge >= 0.3 is 24.1 Å². The molecule has 13 atom stereocenters. The van der Waals surface area contributed by atoms with Crippen molar-refractivity contribution in [1.29, 1.82) is 0 Å². The van der Waals surface area contributed by atoms with Gasteiger partial charge in [0, 0.05) is 31.1 Å². The summed E-state index contributed by atoms with van der Waals surface area (Å²) in [5.41, 5.74) is -8.42. The molecule has 0 amide bonds. The summed E-state index contributed by atoms with van der Waals surface area (Å²) in [6.45, 7) is 12.5. The molecule has 16 nitrogen and oxygen atoms in total. The third-order valence-corrected chi connectivity index (χ3v) is 17.6. The minimum Gasteiger partial charge on any atom is -0.455 e. The second-order valence-electron chi connectivity index (χ2n) is 23.1. The fraction of sp³-hybridized carbons (Fsp3) is 0.629. The lowest BCUT2D eigenvalue weighted by Gasteiger charge is -2.70. The molecule has 2 aromatic rings. The third kappa shape index (κ3) is 12.5. The number of aliphatic hydroxyl groups is 3. The molecule has 0 radical (unpaired) electrons. The number of allylic oxidation sites excluding steroid dienone is 4. The first-order valence-corrected chi connectivity index (χ1v) is 28.2. The predicted molar refractivity (Wildman–Crippen MR) is 289 cm³/mol. The summed E-state index contributed by atoms with van der Waals surface area (Å²) in [5, 5.41) is 38.4. The second kappa shape index (κ2) is 25.9. The highest BCUT2D eigenvalue weighted by Gasteiger charge is 2.81. The minimum atomic E-state index is -2.37. The van der Waals surface area contributed by atoms with Gasteiger partial charge in [0.2, 0.25) is 6.10 Å². The van der Waals surface area contributed by atoms with Crippen molar-refractivity contribution >= 4 is 29.8 Å².